The van der Waals surface area contributed by atoms with Gasteiger partial charge in [0, 0.05) is 6.54 Å². The van der Waals surface area contributed by atoms with E-state index in [2.05, 4.69) is 53.1 Å². The Hall–Kier alpha value is -3.53. The average molecular weight is 413 g/mol. The van der Waals surface area contributed by atoms with Crippen LogP contribution in [0.4, 0.5) is 0 Å². The summed E-state index contributed by atoms with van der Waals surface area (Å²) in [4.78, 5) is 4.84. The molecule has 4 nitrogen and oxygen atoms in total. The van der Waals surface area contributed by atoms with Crippen LogP contribution in [0.3, 0.4) is 0 Å². The number of aromatic nitrogens is 2. The summed E-state index contributed by atoms with van der Waals surface area (Å²) in [6.07, 6.45) is 6.12. The maximum absolute atomic E-state index is 6.15. The van der Waals surface area contributed by atoms with Crippen LogP contribution in [0.25, 0.3) is 17.1 Å². The van der Waals surface area contributed by atoms with Crippen molar-refractivity contribution in [2.45, 2.75) is 32.9 Å². The van der Waals surface area contributed by atoms with Gasteiger partial charge < -0.3 is 14.0 Å². The molecule has 0 saturated carbocycles. The molecule has 0 atom stereocenters. The molecule has 0 fully saturated rings. The van der Waals surface area contributed by atoms with Gasteiger partial charge in [0.05, 0.1) is 18.1 Å². The van der Waals surface area contributed by atoms with Crippen molar-refractivity contribution in [3.05, 3.63) is 95.8 Å². The summed E-state index contributed by atoms with van der Waals surface area (Å²) in [5, 5.41) is 0. The third kappa shape index (κ3) is 4.97. The quantitative estimate of drug-likeness (QED) is 0.324. The van der Waals surface area contributed by atoms with Gasteiger partial charge in [0.25, 0.3) is 0 Å². The summed E-state index contributed by atoms with van der Waals surface area (Å²) in [7, 11) is 1.67. The van der Waals surface area contributed by atoms with E-state index in [4.69, 9.17) is 14.5 Å². The molecule has 4 aromatic rings. The minimum Gasteiger partial charge on any atom is -0.493 e. The van der Waals surface area contributed by atoms with E-state index >= 15 is 0 Å². The van der Waals surface area contributed by atoms with Gasteiger partial charge in [-0.05, 0) is 55.2 Å². The van der Waals surface area contributed by atoms with Gasteiger partial charge >= 0.3 is 0 Å². The van der Waals surface area contributed by atoms with Crippen LogP contribution in [0.5, 0.6) is 11.5 Å². The van der Waals surface area contributed by atoms with Crippen molar-refractivity contribution < 1.29 is 9.47 Å². The lowest BCUT2D eigenvalue weighted by Gasteiger charge is -2.13. The minimum atomic E-state index is 0.388. The molecule has 0 N–H and O–H groups in total. The Morgan fingerprint density at radius 1 is 0.935 bits per heavy atom. The van der Waals surface area contributed by atoms with Crippen LogP contribution >= 0.6 is 0 Å². The van der Waals surface area contributed by atoms with Gasteiger partial charge in [-0.3, -0.25) is 0 Å². The van der Waals surface area contributed by atoms with Crippen LogP contribution in [0.2, 0.25) is 0 Å². The third-order valence-corrected chi connectivity index (χ3v) is 5.33. The fourth-order valence-electron chi connectivity index (χ4n) is 3.81. The summed E-state index contributed by atoms with van der Waals surface area (Å²) >= 11 is 0. The molecule has 1 heterocycles. The Labute approximate surface area is 183 Å². The first kappa shape index (κ1) is 20.7. The van der Waals surface area contributed by atoms with Crippen molar-refractivity contribution in [1.29, 1.82) is 0 Å². The van der Waals surface area contributed by atoms with E-state index in [0.717, 1.165) is 53.3 Å². The van der Waals surface area contributed by atoms with Gasteiger partial charge in [0.15, 0.2) is 11.5 Å². The van der Waals surface area contributed by atoms with Gasteiger partial charge in [0.1, 0.15) is 12.4 Å². The van der Waals surface area contributed by atoms with Crippen LogP contribution in [-0.2, 0) is 19.6 Å². The van der Waals surface area contributed by atoms with Gasteiger partial charge in [-0.15, -0.1) is 0 Å². The van der Waals surface area contributed by atoms with E-state index in [1.807, 2.05) is 43.3 Å². The Morgan fingerprint density at radius 3 is 2.55 bits per heavy atom. The predicted octanol–water partition coefficient (Wildman–Crippen LogP) is 6.29. The monoisotopic (exact) mass is 412 g/mol. The number of hydrogen-bond donors (Lipinski definition) is 0. The molecule has 0 bridgehead atoms. The maximum atomic E-state index is 6.15. The number of aryl methyl sites for hydroxylation is 2. The summed E-state index contributed by atoms with van der Waals surface area (Å²) in [5.74, 6) is 2.37. The molecule has 0 aliphatic carbocycles. The van der Waals surface area contributed by atoms with Gasteiger partial charge in [0.2, 0.25) is 0 Å². The number of hydrogen-bond acceptors (Lipinski definition) is 3. The Kier molecular flexibility index (Phi) is 6.68. The van der Waals surface area contributed by atoms with Gasteiger partial charge in [-0.2, -0.15) is 0 Å². The molecule has 158 valence electrons. The fraction of sp³-hybridized carbons (Fsp3) is 0.222. The minimum absolute atomic E-state index is 0.388. The fourth-order valence-corrected chi connectivity index (χ4v) is 3.81. The topological polar surface area (TPSA) is 36.3 Å². The van der Waals surface area contributed by atoms with Gasteiger partial charge in [-0.1, -0.05) is 60.7 Å². The molecular weight excluding hydrogens is 384 g/mol. The molecule has 0 unspecified atom stereocenters. The smallest absolute Gasteiger partial charge is 0.161 e. The highest BCUT2D eigenvalue weighted by Gasteiger charge is 2.13. The highest BCUT2D eigenvalue weighted by Crippen LogP contribution is 2.29. The molecule has 0 aliphatic rings. The van der Waals surface area contributed by atoms with Crippen molar-refractivity contribution in [1.82, 2.24) is 9.55 Å². The third-order valence-electron chi connectivity index (χ3n) is 5.33. The van der Waals surface area contributed by atoms with Crippen molar-refractivity contribution in [2.24, 2.45) is 0 Å². The summed E-state index contributed by atoms with van der Waals surface area (Å²) in [5.41, 5.74) is 4.58. The van der Waals surface area contributed by atoms with Crippen LogP contribution < -0.4 is 9.47 Å². The molecule has 4 rings (SSSR count). The summed E-state index contributed by atoms with van der Waals surface area (Å²) < 4.78 is 14.0. The number of para-hydroxylation sites is 2. The van der Waals surface area contributed by atoms with E-state index < -0.39 is 0 Å². The largest absolute Gasteiger partial charge is 0.493 e. The van der Waals surface area contributed by atoms with E-state index in [-0.39, 0.29) is 0 Å². The van der Waals surface area contributed by atoms with Crippen LogP contribution in [-0.4, -0.2) is 16.7 Å². The lowest BCUT2D eigenvalue weighted by molar-refractivity contribution is 0.271. The van der Waals surface area contributed by atoms with E-state index in [0.29, 0.717) is 6.61 Å². The number of allylic oxidation sites excluding steroid dienone is 1. The van der Waals surface area contributed by atoms with Crippen LogP contribution in [0, 0.1) is 0 Å². The van der Waals surface area contributed by atoms with Crippen molar-refractivity contribution >= 4 is 17.1 Å². The van der Waals surface area contributed by atoms with Gasteiger partial charge in [-0.25, -0.2) is 4.98 Å². The zero-order chi connectivity index (χ0) is 21.5. The molecule has 0 aliphatic heterocycles. The van der Waals surface area contributed by atoms with Crippen molar-refractivity contribution in [2.75, 3.05) is 7.11 Å². The predicted molar refractivity (Wildman–Crippen MR) is 127 cm³/mol. The lowest BCUT2D eigenvalue weighted by Crippen LogP contribution is -2.08. The number of nitrogens with zero attached hydrogens (tertiary/aromatic N) is 2. The number of fused-ring (bicyclic) bond motifs is 1. The first-order valence-corrected chi connectivity index (χ1v) is 10.7. The van der Waals surface area contributed by atoms with Crippen molar-refractivity contribution in [3.63, 3.8) is 0 Å². The lowest BCUT2D eigenvalue weighted by atomic mass is 10.1. The Bertz CT molecular complexity index is 1160. The highest BCUT2D eigenvalue weighted by molar-refractivity contribution is 5.75. The van der Waals surface area contributed by atoms with Crippen LogP contribution in [0.1, 0.15) is 30.3 Å². The van der Waals surface area contributed by atoms with Crippen molar-refractivity contribution in [3.8, 4) is 11.5 Å². The van der Waals surface area contributed by atoms with E-state index in [9.17, 15) is 0 Å². The molecule has 0 amide bonds. The number of methoxy groups -OCH3 is 1. The SMILES string of the molecule is C/C=C\c1ccc(OCc2nc3ccccc3n2CCCc2ccccc2)c(OC)c1. The molecule has 0 spiro atoms. The Balaban J connectivity index is 1.53. The number of rotatable bonds is 9. The summed E-state index contributed by atoms with van der Waals surface area (Å²) in [6.45, 7) is 3.28. The van der Waals surface area contributed by atoms with Crippen LogP contribution in [0.15, 0.2) is 78.9 Å². The summed E-state index contributed by atoms with van der Waals surface area (Å²) in [6, 6.07) is 24.8. The number of imidazole rings is 1. The molecule has 4 heteroatoms. The Morgan fingerprint density at radius 2 is 1.74 bits per heavy atom. The maximum Gasteiger partial charge on any atom is 0.161 e. The molecule has 31 heavy (non-hydrogen) atoms. The zero-order valence-corrected chi connectivity index (χ0v) is 18.1. The molecule has 3 aromatic carbocycles. The van der Waals surface area contributed by atoms with E-state index in [1.54, 1.807) is 7.11 Å². The second-order valence-electron chi connectivity index (χ2n) is 7.46. The average Bonchev–Trinajstić information content (AvgIpc) is 3.16. The second-order valence-corrected chi connectivity index (χ2v) is 7.46. The first-order chi connectivity index (χ1) is 15.3. The number of benzene rings is 3. The normalized spacial score (nSPS) is 11.3. The second kappa shape index (κ2) is 9.98. The zero-order valence-electron chi connectivity index (χ0n) is 18.1. The molecular formula is C27H28N2O2. The molecule has 1 aromatic heterocycles. The molecule has 0 saturated heterocycles. The molecule has 0 radical (unpaired) electrons. The standard InChI is InChI=1S/C27H28N2O2/c1-3-10-22-16-17-25(26(19-22)30-2)31-20-27-28-23-14-7-8-15-24(23)29(27)18-9-13-21-11-5-4-6-12-21/h3-8,10-12,14-17,19H,9,13,18,20H2,1-2H3/b10-3-. The number of ether oxygens (including phenoxy) is 2. The first-order valence-electron chi connectivity index (χ1n) is 10.7. The highest BCUT2D eigenvalue weighted by atomic mass is 16.5. The van der Waals surface area contributed by atoms with E-state index in [1.165, 1.54) is 5.56 Å².